The van der Waals surface area contributed by atoms with Crippen LogP contribution in [0.5, 0.6) is 0 Å². The summed E-state index contributed by atoms with van der Waals surface area (Å²) in [5, 5.41) is 0. The normalized spacial score (nSPS) is 12.7. The molecule has 4 heteroatoms. The lowest BCUT2D eigenvalue weighted by atomic mass is 10.0. The van der Waals surface area contributed by atoms with Gasteiger partial charge in [-0.1, -0.05) is 26.0 Å². The maximum absolute atomic E-state index is 11.8. The molecule has 0 radical (unpaired) electrons. The van der Waals surface area contributed by atoms with Crippen molar-refractivity contribution in [1.29, 1.82) is 0 Å². The Bertz CT molecular complexity index is 396. The van der Waals surface area contributed by atoms with Gasteiger partial charge in [0, 0.05) is 12.0 Å². The molecule has 0 aliphatic rings. The van der Waals surface area contributed by atoms with Crippen LogP contribution in [0, 0.1) is 0 Å². The van der Waals surface area contributed by atoms with E-state index in [-0.39, 0.29) is 18.1 Å². The van der Waals surface area contributed by atoms with E-state index in [9.17, 15) is 9.00 Å². The second-order valence-corrected chi connectivity index (χ2v) is 5.64. The molecule has 0 saturated heterocycles. The van der Waals surface area contributed by atoms with Crippen molar-refractivity contribution in [1.82, 2.24) is 0 Å². The molecule has 0 aliphatic carbocycles. The number of hydrogen-bond acceptors (Lipinski definition) is 3. The fraction of sp³-hybridized carbons (Fsp3) is 0.462. The van der Waals surface area contributed by atoms with Gasteiger partial charge in [-0.2, -0.15) is 0 Å². The number of hydrogen-bond donors (Lipinski definition) is 0. The number of methoxy groups -OCH3 is 1. The monoisotopic (exact) mass is 254 g/mol. The summed E-state index contributed by atoms with van der Waals surface area (Å²) in [6, 6.07) is 7.56. The van der Waals surface area contributed by atoms with Gasteiger partial charge >= 0.3 is 0 Å². The Morgan fingerprint density at radius 1 is 1.29 bits per heavy atom. The molecule has 3 nitrogen and oxygen atoms in total. The zero-order chi connectivity index (χ0) is 12.8. The minimum absolute atomic E-state index is 0.0227. The zero-order valence-corrected chi connectivity index (χ0v) is 11.3. The number of ketones is 1. The van der Waals surface area contributed by atoms with Gasteiger partial charge in [-0.05, 0) is 23.6 Å². The fourth-order valence-electron chi connectivity index (χ4n) is 1.44. The fourth-order valence-corrected chi connectivity index (χ4v) is 2.42. The molecule has 1 rings (SSSR count). The number of Topliss-reactive ketones (excluding diaryl/α,β-unsaturated/α-hetero) is 1. The van der Waals surface area contributed by atoms with E-state index in [4.69, 9.17) is 4.74 Å². The van der Waals surface area contributed by atoms with Crippen LogP contribution >= 0.6 is 0 Å². The summed E-state index contributed by atoms with van der Waals surface area (Å²) in [5.41, 5.74) is 1.20. The van der Waals surface area contributed by atoms with E-state index in [1.807, 2.05) is 24.3 Å². The molecule has 1 aromatic carbocycles. The Balaban J connectivity index is 2.67. The highest BCUT2D eigenvalue weighted by atomic mass is 32.2. The van der Waals surface area contributed by atoms with Gasteiger partial charge in [-0.25, -0.2) is 0 Å². The first kappa shape index (κ1) is 14.1. The van der Waals surface area contributed by atoms with Gasteiger partial charge in [0.1, 0.15) is 6.61 Å². The molecule has 1 atom stereocenters. The largest absolute Gasteiger partial charge is 0.377 e. The lowest BCUT2D eigenvalue weighted by molar-refractivity contribution is -0.120. The van der Waals surface area contributed by atoms with Crippen LogP contribution in [-0.2, 0) is 20.3 Å². The van der Waals surface area contributed by atoms with Crippen molar-refractivity contribution in [2.45, 2.75) is 24.7 Å². The molecule has 1 unspecified atom stereocenters. The summed E-state index contributed by atoms with van der Waals surface area (Å²) in [6.07, 6.45) is 0. The van der Waals surface area contributed by atoms with Gasteiger partial charge in [0.05, 0.1) is 16.6 Å². The number of rotatable bonds is 6. The molecule has 0 saturated carbocycles. The number of carbonyl (C=O) groups is 1. The molecule has 0 amide bonds. The number of ether oxygens (including phenoxy) is 1. The summed E-state index contributed by atoms with van der Waals surface area (Å²) in [6.45, 7) is 4.23. The molecule has 0 bridgehead atoms. The Morgan fingerprint density at radius 2 is 1.88 bits per heavy atom. The van der Waals surface area contributed by atoms with Gasteiger partial charge < -0.3 is 4.74 Å². The molecular weight excluding hydrogens is 236 g/mol. The first-order chi connectivity index (χ1) is 8.04. The van der Waals surface area contributed by atoms with Crippen LogP contribution in [0.1, 0.15) is 25.3 Å². The average molecular weight is 254 g/mol. The second kappa shape index (κ2) is 6.67. The second-order valence-electron chi connectivity index (χ2n) is 4.19. The van der Waals surface area contributed by atoms with Gasteiger partial charge in [0.2, 0.25) is 0 Å². The molecule has 0 aliphatic heterocycles. The van der Waals surface area contributed by atoms with Crippen molar-refractivity contribution >= 4 is 16.6 Å². The summed E-state index contributed by atoms with van der Waals surface area (Å²) in [7, 11) is 0.191. The van der Waals surface area contributed by atoms with Crippen LogP contribution < -0.4 is 0 Å². The quantitative estimate of drug-likeness (QED) is 0.781. The Kier molecular flexibility index (Phi) is 5.51. The maximum atomic E-state index is 11.8. The van der Waals surface area contributed by atoms with Gasteiger partial charge in [0.15, 0.2) is 5.78 Å². The molecule has 0 aromatic heterocycles. The van der Waals surface area contributed by atoms with Crippen molar-refractivity contribution < 1.29 is 13.7 Å². The van der Waals surface area contributed by atoms with Gasteiger partial charge in [-0.3, -0.25) is 9.00 Å². The van der Waals surface area contributed by atoms with Crippen LogP contribution in [0.2, 0.25) is 0 Å². The third-order valence-corrected chi connectivity index (χ3v) is 3.79. The SMILES string of the molecule is COCC(=O)CS(=O)c1ccc(C(C)C)cc1. The van der Waals surface area contributed by atoms with Crippen LogP contribution in [-0.4, -0.2) is 29.5 Å². The van der Waals surface area contributed by atoms with E-state index in [1.54, 1.807) is 0 Å². The number of carbonyl (C=O) groups excluding carboxylic acids is 1. The van der Waals surface area contributed by atoms with Crippen molar-refractivity contribution in [3.8, 4) is 0 Å². The zero-order valence-electron chi connectivity index (χ0n) is 10.4. The van der Waals surface area contributed by atoms with Crippen LogP contribution in [0.25, 0.3) is 0 Å². The van der Waals surface area contributed by atoms with E-state index in [2.05, 4.69) is 13.8 Å². The van der Waals surface area contributed by atoms with Crippen molar-refractivity contribution in [2.75, 3.05) is 19.5 Å². The van der Waals surface area contributed by atoms with Crippen LogP contribution in [0.15, 0.2) is 29.2 Å². The minimum Gasteiger partial charge on any atom is -0.377 e. The van der Waals surface area contributed by atoms with E-state index < -0.39 is 10.8 Å². The molecule has 0 heterocycles. The maximum Gasteiger partial charge on any atom is 0.171 e. The summed E-state index contributed by atoms with van der Waals surface area (Å²) >= 11 is 0. The summed E-state index contributed by atoms with van der Waals surface area (Å²) < 4.78 is 16.6. The third-order valence-electron chi connectivity index (χ3n) is 2.41. The van der Waals surface area contributed by atoms with Crippen LogP contribution in [0.4, 0.5) is 0 Å². The van der Waals surface area contributed by atoms with E-state index in [0.717, 1.165) is 0 Å². The first-order valence-corrected chi connectivity index (χ1v) is 6.85. The smallest absolute Gasteiger partial charge is 0.171 e. The molecule has 1 aromatic rings. The van der Waals surface area contributed by atoms with Gasteiger partial charge in [0.25, 0.3) is 0 Å². The topological polar surface area (TPSA) is 43.4 Å². The third kappa shape index (κ3) is 4.40. The van der Waals surface area contributed by atoms with Crippen molar-refractivity contribution in [3.63, 3.8) is 0 Å². The van der Waals surface area contributed by atoms with Crippen molar-refractivity contribution in [2.24, 2.45) is 0 Å². The van der Waals surface area contributed by atoms with E-state index in [1.165, 1.54) is 12.7 Å². The van der Waals surface area contributed by atoms with Crippen molar-refractivity contribution in [3.05, 3.63) is 29.8 Å². The highest BCUT2D eigenvalue weighted by Gasteiger charge is 2.10. The Labute approximate surface area is 105 Å². The predicted molar refractivity (Wildman–Crippen MR) is 68.7 cm³/mol. The molecule has 0 fully saturated rings. The van der Waals surface area contributed by atoms with E-state index >= 15 is 0 Å². The lowest BCUT2D eigenvalue weighted by Gasteiger charge is -2.06. The molecule has 17 heavy (non-hydrogen) atoms. The lowest BCUT2D eigenvalue weighted by Crippen LogP contribution is -2.15. The summed E-state index contributed by atoms with van der Waals surface area (Å²) in [5.74, 6) is 0.334. The molecule has 94 valence electrons. The Hall–Kier alpha value is -1.00. The Morgan fingerprint density at radius 3 is 2.35 bits per heavy atom. The number of benzene rings is 1. The molecule has 0 spiro atoms. The highest BCUT2D eigenvalue weighted by Crippen LogP contribution is 2.16. The molecule has 0 N–H and O–H groups in total. The highest BCUT2D eigenvalue weighted by molar-refractivity contribution is 7.85. The predicted octanol–water partition coefficient (Wildman–Crippen LogP) is 2.13. The van der Waals surface area contributed by atoms with Crippen LogP contribution in [0.3, 0.4) is 0 Å². The molecular formula is C13H18O3S. The van der Waals surface area contributed by atoms with Gasteiger partial charge in [-0.15, -0.1) is 0 Å². The average Bonchev–Trinajstić information content (AvgIpc) is 2.29. The van der Waals surface area contributed by atoms with E-state index in [0.29, 0.717) is 10.8 Å². The standard InChI is InChI=1S/C13H18O3S/c1-10(2)11-4-6-13(7-5-11)17(15)9-12(14)8-16-3/h4-7,10H,8-9H2,1-3H3. The summed E-state index contributed by atoms with van der Waals surface area (Å²) in [4.78, 5) is 12.0. The first-order valence-electron chi connectivity index (χ1n) is 5.53. The minimum atomic E-state index is -1.27.